The molecule has 0 spiro atoms. The maximum atomic E-state index is 12.5. The van der Waals surface area contributed by atoms with Crippen molar-refractivity contribution in [3.05, 3.63) is 54.0 Å². The first-order valence-electron chi connectivity index (χ1n) is 7.44. The molecule has 0 atom stereocenters. The Kier molecular flexibility index (Phi) is 4.44. The number of benzene rings is 1. The van der Waals surface area contributed by atoms with E-state index in [0.29, 0.717) is 5.56 Å². The maximum Gasteiger partial charge on any atom is 0.253 e. The highest BCUT2D eigenvalue weighted by Gasteiger charge is 2.22. The number of hydrogen-bond acceptors (Lipinski definition) is 4. The minimum atomic E-state index is 0.0836. The van der Waals surface area contributed by atoms with Crippen LogP contribution in [0, 0.1) is 0 Å². The Hall–Kier alpha value is -2.27. The number of carbonyl (C=O) groups is 1. The Morgan fingerprint density at radius 3 is 2.45 bits per heavy atom. The van der Waals surface area contributed by atoms with Crippen molar-refractivity contribution in [3.8, 4) is 5.75 Å². The van der Waals surface area contributed by atoms with Crippen molar-refractivity contribution in [2.45, 2.75) is 6.54 Å². The second-order valence-electron chi connectivity index (χ2n) is 5.38. The summed E-state index contributed by atoms with van der Waals surface area (Å²) < 4.78 is 10.5. The first-order valence-corrected chi connectivity index (χ1v) is 7.44. The van der Waals surface area contributed by atoms with Crippen molar-refractivity contribution < 1.29 is 13.9 Å². The third kappa shape index (κ3) is 3.31. The number of furan rings is 1. The van der Waals surface area contributed by atoms with Crippen molar-refractivity contribution in [2.24, 2.45) is 0 Å². The summed E-state index contributed by atoms with van der Waals surface area (Å²) in [6.07, 6.45) is 1.69. The molecule has 116 valence electrons. The molecule has 22 heavy (non-hydrogen) atoms. The van der Waals surface area contributed by atoms with Gasteiger partial charge in [0.15, 0.2) is 0 Å². The summed E-state index contributed by atoms with van der Waals surface area (Å²) in [4.78, 5) is 16.7. The molecule has 5 nitrogen and oxygen atoms in total. The van der Waals surface area contributed by atoms with E-state index in [2.05, 4.69) is 4.90 Å². The van der Waals surface area contributed by atoms with Gasteiger partial charge in [0.1, 0.15) is 11.5 Å². The zero-order chi connectivity index (χ0) is 15.4. The van der Waals surface area contributed by atoms with Crippen LogP contribution in [0.15, 0.2) is 47.1 Å². The Morgan fingerprint density at radius 2 is 1.86 bits per heavy atom. The number of ether oxygens (including phenoxy) is 1. The lowest BCUT2D eigenvalue weighted by Crippen LogP contribution is -2.48. The van der Waals surface area contributed by atoms with E-state index in [0.717, 1.165) is 44.2 Å². The molecule has 1 fully saturated rings. The predicted molar refractivity (Wildman–Crippen MR) is 82.9 cm³/mol. The van der Waals surface area contributed by atoms with Crippen LogP contribution in [0.5, 0.6) is 5.75 Å². The molecule has 0 aliphatic carbocycles. The summed E-state index contributed by atoms with van der Waals surface area (Å²) in [5.41, 5.74) is 0.709. The van der Waals surface area contributed by atoms with E-state index in [4.69, 9.17) is 9.15 Å². The van der Waals surface area contributed by atoms with Gasteiger partial charge in [-0.3, -0.25) is 9.69 Å². The standard InChI is InChI=1S/C17H20N2O3/c1-21-15-6-4-14(5-7-15)17(20)19-10-8-18(9-11-19)13-16-3-2-12-22-16/h2-7,12H,8-11,13H2,1H3. The van der Waals surface area contributed by atoms with E-state index in [1.165, 1.54) is 0 Å². The fourth-order valence-electron chi connectivity index (χ4n) is 2.65. The van der Waals surface area contributed by atoms with Gasteiger partial charge in [0.25, 0.3) is 5.91 Å². The molecule has 1 saturated heterocycles. The zero-order valence-corrected chi connectivity index (χ0v) is 12.7. The average molecular weight is 300 g/mol. The smallest absolute Gasteiger partial charge is 0.253 e. The topological polar surface area (TPSA) is 45.9 Å². The Balaban J connectivity index is 1.54. The van der Waals surface area contributed by atoms with Crippen molar-refractivity contribution in [3.63, 3.8) is 0 Å². The Bertz CT molecular complexity index is 599. The lowest BCUT2D eigenvalue weighted by Gasteiger charge is -2.34. The molecule has 1 aliphatic heterocycles. The second kappa shape index (κ2) is 6.66. The number of amides is 1. The van der Waals surface area contributed by atoms with E-state index in [9.17, 15) is 4.79 Å². The van der Waals surface area contributed by atoms with E-state index in [-0.39, 0.29) is 5.91 Å². The number of carbonyl (C=O) groups excluding carboxylic acids is 1. The average Bonchev–Trinajstić information content (AvgIpc) is 3.08. The van der Waals surface area contributed by atoms with Crippen molar-refractivity contribution in [1.82, 2.24) is 9.80 Å². The molecule has 0 N–H and O–H groups in total. The van der Waals surface area contributed by atoms with Gasteiger partial charge in [-0.05, 0) is 36.4 Å². The fraction of sp³-hybridized carbons (Fsp3) is 0.353. The summed E-state index contributed by atoms with van der Waals surface area (Å²) in [7, 11) is 1.62. The number of methoxy groups -OCH3 is 1. The van der Waals surface area contributed by atoms with Gasteiger partial charge in [-0.15, -0.1) is 0 Å². The summed E-state index contributed by atoms with van der Waals surface area (Å²) in [5, 5.41) is 0. The molecule has 1 aromatic carbocycles. The van der Waals surface area contributed by atoms with Crippen LogP contribution >= 0.6 is 0 Å². The number of piperazine rings is 1. The third-order valence-corrected chi connectivity index (χ3v) is 3.96. The number of nitrogens with zero attached hydrogens (tertiary/aromatic N) is 2. The van der Waals surface area contributed by atoms with Gasteiger partial charge in [-0.25, -0.2) is 0 Å². The first-order chi connectivity index (χ1) is 10.8. The summed E-state index contributed by atoms with van der Waals surface area (Å²) in [6, 6.07) is 11.2. The molecule has 5 heteroatoms. The van der Waals surface area contributed by atoms with Crippen LogP contribution in [0.1, 0.15) is 16.1 Å². The Labute approximate surface area is 130 Å². The highest BCUT2D eigenvalue weighted by Crippen LogP contribution is 2.15. The third-order valence-electron chi connectivity index (χ3n) is 3.96. The summed E-state index contributed by atoms with van der Waals surface area (Å²) in [6.45, 7) is 4.01. The molecule has 0 saturated carbocycles. The minimum Gasteiger partial charge on any atom is -0.497 e. The molecule has 2 heterocycles. The van der Waals surface area contributed by atoms with Crippen molar-refractivity contribution in [2.75, 3.05) is 33.3 Å². The summed E-state index contributed by atoms with van der Waals surface area (Å²) in [5.74, 6) is 1.81. The SMILES string of the molecule is COc1ccc(C(=O)N2CCN(Cc3ccco3)CC2)cc1. The highest BCUT2D eigenvalue weighted by atomic mass is 16.5. The molecule has 1 aliphatic rings. The van der Waals surface area contributed by atoms with E-state index >= 15 is 0 Å². The maximum absolute atomic E-state index is 12.5. The largest absolute Gasteiger partial charge is 0.497 e. The van der Waals surface area contributed by atoms with Gasteiger partial charge in [0, 0.05) is 31.7 Å². The van der Waals surface area contributed by atoms with Crippen molar-refractivity contribution in [1.29, 1.82) is 0 Å². The summed E-state index contributed by atoms with van der Waals surface area (Å²) >= 11 is 0. The molecular weight excluding hydrogens is 280 g/mol. The van der Waals surface area contributed by atoms with Gasteiger partial charge < -0.3 is 14.1 Å². The molecule has 2 aromatic rings. The van der Waals surface area contributed by atoms with Gasteiger partial charge >= 0.3 is 0 Å². The van der Waals surface area contributed by atoms with Crippen molar-refractivity contribution >= 4 is 5.91 Å². The van der Waals surface area contributed by atoms with Gasteiger partial charge in [-0.1, -0.05) is 0 Å². The fourth-order valence-corrected chi connectivity index (χ4v) is 2.65. The lowest BCUT2D eigenvalue weighted by atomic mass is 10.1. The quantitative estimate of drug-likeness (QED) is 0.869. The molecule has 3 rings (SSSR count). The van der Waals surface area contributed by atoms with Gasteiger partial charge in [0.2, 0.25) is 0 Å². The number of rotatable bonds is 4. The van der Waals surface area contributed by atoms with Crippen LogP contribution in [0.4, 0.5) is 0 Å². The second-order valence-corrected chi connectivity index (χ2v) is 5.38. The van der Waals surface area contributed by atoms with E-state index in [1.807, 2.05) is 41.3 Å². The first kappa shape index (κ1) is 14.7. The monoisotopic (exact) mass is 300 g/mol. The van der Waals surface area contributed by atoms with Gasteiger partial charge in [-0.2, -0.15) is 0 Å². The molecule has 1 aromatic heterocycles. The van der Waals surface area contributed by atoms with Crippen LogP contribution in [-0.2, 0) is 6.54 Å². The van der Waals surface area contributed by atoms with E-state index in [1.54, 1.807) is 13.4 Å². The molecule has 0 bridgehead atoms. The number of hydrogen-bond donors (Lipinski definition) is 0. The molecule has 0 unspecified atom stereocenters. The minimum absolute atomic E-state index is 0.0836. The van der Waals surface area contributed by atoms with Crippen LogP contribution < -0.4 is 4.74 Å². The normalized spacial score (nSPS) is 15.8. The van der Waals surface area contributed by atoms with Crippen LogP contribution in [-0.4, -0.2) is 49.0 Å². The van der Waals surface area contributed by atoms with Gasteiger partial charge in [0.05, 0.1) is 19.9 Å². The molecular formula is C17H20N2O3. The zero-order valence-electron chi connectivity index (χ0n) is 12.7. The van der Waals surface area contributed by atoms with Crippen LogP contribution in [0.2, 0.25) is 0 Å². The Morgan fingerprint density at radius 1 is 1.14 bits per heavy atom. The van der Waals surface area contributed by atoms with Crippen LogP contribution in [0.3, 0.4) is 0 Å². The predicted octanol–water partition coefficient (Wildman–Crippen LogP) is 2.25. The molecule has 0 radical (unpaired) electrons. The molecule has 1 amide bonds. The van der Waals surface area contributed by atoms with E-state index < -0.39 is 0 Å². The van der Waals surface area contributed by atoms with Crippen LogP contribution in [0.25, 0.3) is 0 Å². The highest BCUT2D eigenvalue weighted by molar-refractivity contribution is 5.94. The lowest BCUT2D eigenvalue weighted by molar-refractivity contribution is 0.0620.